The SMILES string of the molecule is NC(=O)Nc1cnc(C(F)(F)F)s1. The van der Waals surface area contributed by atoms with Crippen LogP contribution in [-0.2, 0) is 6.18 Å². The number of nitrogens with zero attached hydrogens (tertiary/aromatic N) is 1. The number of thiazole rings is 1. The lowest BCUT2D eigenvalue weighted by Gasteiger charge is -1.98. The molecule has 2 amide bonds. The second kappa shape index (κ2) is 3.21. The monoisotopic (exact) mass is 211 g/mol. The molecule has 0 aromatic carbocycles. The summed E-state index contributed by atoms with van der Waals surface area (Å²) < 4.78 is 35.8. The number of aromatic nitrogens is 1. The summed E-state index contributed by atoms with van der Waals surface area (Å²) in [6.45, 7) is 0. The van der Waals surface area contributed by atoms with E-state index in [9.17, 15) is 18.0 Å². The highest BCUT2D eigenvalue weighted by atomic mass is 32.1. The van der Waals surface area contributed by atoms with Crippen LogP contribution in [0.15, 0.2) is 6.20 Å². The van der Waals surface area contributed by atoms with Crippen LogP contribution in [-0.4, -0.2) is 11.0 Å². The van der Waals surface area contributed by atoms with E-state index in [1.54, 1.807) is 0 Å². The van der Waals surface area contributed by atoms with Gasteiger partial charge in [0.05, 0.1) is 6.20 Å². The van der Waals surface area contributed by atoms with Crippen LogP contribution in [0.1, 0.15) is 5.01 Å². The molecule has 0 aliphatic heterocycles. The second-order valence-electron chi connectivity index (χ2n) is 2.02. The van der Waals surface area contributed by atoms with Gasteiger partial charge in [0.15, 0.2) is 5.01 Å². The predicted octanol–water partition coefficient (Wildman–Crippen LogP) is 1.65. The Hall–Kier alpha value is -1.31. The van der Waals surface area contributed by atoms with E-state index in [-0.39, 0.29) is 5.00 Å². The molecule has 1 aromatic rings. The van der Waals surface area contributed by atoms with Gasteiger partial charge >= 0.3 is 12.2 Å². The molecule has 0 saturated carbocycles. The minimum absolute atomic E-state index is 0.0279. The van der Waals surface area contributed by atoms with Gasteiger partial charge < -0.3 is 5.73 Å². The van der Waals surface area contributed by atoms with Crippen molar-refractivity contribution in [2.75, 3.05) is 5.32 Å². The first-order chi connectivity index (χ1) is 5.89. The average molecular weight is 211 g/mol. The largest absolute Gasteiger partial charge is 0.443 e. The minimum Gasteiger partial charge on any atom is -0.351 e. The molecule has 1 aromatic heterocycles. The number of primary amides is 1. The maximum atomic E-state index is 11.9. The van der Waals surface area contributed by atoms with E-state index < -0.39 is 17.2 Å². The van der Waals surface area contributed by atoms with Gasteiger partial charge in [-0.1, -0.05) is 11.3 Å². The van der Waals surface area contributed by atoms with Gasteiger partial charge in [0.25, 0.3) is 0 Å². The number of hydrogen-bond acceptors (Lipinski definition) is 3. The molecule has 0 radical (unpaired) electrons. The van der Waals surface area contributed by atoms with Crippen molar-refractivity contribution < 1.29 is 18.0 Å². The average Bonchev–Trinajstić information content (AvgIpc) is 2.32. The minimum atomic E-state index is -4.48. The molecule has 0 spiro atoms. The highest BCUT2D eigenvalue weighted by Crippen LogP contribution is 2.34. The predicted molar refractivity (Wildman–Crippen MR) is 40.3 cm³/mol. The zero-order valence-electron chi connectivity index (χ0n) is 6.05. The molecule has 0 aliphatic carbocycles. The molecule has 1 heterocycles. The number of urea groups is 1. The van der Waals surface area contributed by atoms with E-state index in [1.165, 1.54) is 0 Å². The van der Waals surface area contributed by atoms with Gasteiger partial charge in [-0.3, -0.25) is 5.32 Å². The van der Waals surface area contributed by atoms with Gasteiger partial charge in [-0.2, -0.15) is 13.2 Å². The topological polar surface area (TPSA) is 68.0 Å². The molecule has 4 nitrogen and oxygen atoms in total. The van der Waals surface area contributed by atoms with Crippen LogP contribution >= 0.6 is 11.3 Å². The van der Waals surface area contributed by atoms with E-state index in [2.05, 4.69) is 4.98 Å². The number of nitrogens with two attached hydrogens (primary N) is 1. The lowest BCUT2D eigenvalue weighted by molar-refractivity contribution is -0.137. The Bertz CT molecular complexity index is 321. The highest BCUT2D eigenvalue weighted by Gasteiger charge is 2.34. The number of hydrogen-bond donors (Lipinski definition) is 2. The molecule has 0 bridgehead atoms. The first-order valence-electron chi connectivity index (χ1n) is 2.99. The van der Waals surface area contributed by atoms with Crippen LogP contribution in [0.3, 0.4) is 0 Å². The number of amides is 2. The molecule has 0 aliphatic rings. The molecule has 0 fully saturated rings. The molecule has 72 valence electrons. The summed E-state index contributed by atoms with van der Waals surface area (Å²) in [6.07, 6.45) is -3.58. The van der Waals surface area contributed by atoms with Crippen LogP contribution in [0, 0.1) is 0 Å². The summed E-state index contributed by atoms with van der Waals surface area (Å²) >= 11 is 0.320. The number of rotatable bonds is 1. The smallest absolute Gasteiger partial charge is 0.351 e. The fraction of sp³-hybridized carbons (Fsp3) is 0.200. The molecule has 8 heteroatoms. The zero-order valence-corrected chi connectivity index (χ0v) is 6.87. The van der Waals surface area contributed by atoms with Crippen LogP contribution in [0.2, 0.25) is 0 Å². The van der Waals surface area contributed by atoms with Crippen molar-refractivity contribution in [2.45, 2.75) is 6.18 Å². The van der Waals surface area contributed by atoms with Gasteiger partial charge in [-0.05, 0) is 0 Å². The lowest BCUT2D eigenvalue weighted by atomic mass is 10.7. The lowest BCUT2D eigenvalue weighted by Crippen LogP contribution is -2.18. The molecule has 1 rings (SSSR count). The number of alkyl halides is 3. The Labute approximate surface area is 74.6 Å². The van der Waals surface area contributed by atoms with Crippen molar-refractivity contribution in [3.05, 3.63) is 11.2 Å². The van der Waals surface area contributed by atoms with Gasteiger partial charge in [0.2, 0.25) is 0 Å². The van der Waals surface area contributed by atoms with Gasteiger partial charge in [0.1, 0.15) is 5.00 Å². The number of carbonyl (C=O) groups excluding carboxylic acids is 1. The maximum Gasteiger partial charge on any atom is 0.443 e. The van der Waals surface area contributed by atoms with Crippen molar-refractivity contribution in [1.82, 2.24) is 4.98 Å². The first kappa shape index (κ1) is 9.78. The van der Waals surface area contributed by atoms with Crippen molar-refractivity contribution in [2.24, 2.45) is 5.73 Å². The maximum absolute atomic E-state index is 11.9. The third kappa shape index (κ3) is 2.58. The van der Waals surface area contributed by atoms with Crippen LogP contribution < -0.4 is 11.1 Å². The summed E-state index contributed by atoms with van der Waals surface area (Å²) in [4.78, 5) is 13.3. The van der Waals surface area contributed by atoms with E-state index in [0.717, 1.165) is 6.20 Å². The number of nitrogens with one attached hydrogen (secondary N) is 1. The Balaban J connectivity index is 2.81. The third-order valence-corrected chi connectivity index (χ3v) is 1.95. The van der Waals surface area contributed by atoms with Crippen molar-refractivity contribution in [3.63, 3.8) is 0 Å². The van der Waals surface area contributed by atoms with Crippen molar-refractivity contribution in [3.8, 4) is 0 Å². The first-order valence-corrected chi connectivity index (χ1v) is 3.80. The number of anilines is 1. The molecule has 0 unspecified atom stereocenters. The zero-order chi connectivity index (χ0) is 10.1. The summed E-state index contributed by atoms with van der Waals surface area (Å²) in [6, 6.07) is -0.919. The molecule has 3 N–H and O–H groups in total. The van der Waals surface area contributed by atoms with Crippen LogP contribution in [0.25, 0.3) is 0 Å². The second-order valence-corrected chi connectivity index (χ2v) is 3.05. The van der Waals surface area contributed by atoms with Gasteiger partial charge in [0, 0.05) is 0 Å². The van der Waals surface area contributed by atoms with Crippen molar-refractivity contribution in [1.29, 1.82) is 0 Å². The Morgan fingerprint density at radius 3 is 2.62 bits per heavy atom. The highest BCUT2D eigenvalue weighted by molar-refractivity contribution is 7.15. The van der Waals surface area contributed by atoms with Crippen LogP contribution in [0.5, 0.6) is 0 Å². The molecule has 13 heavy (non-hydrogen) atoms. The Morgan fingerprint density at radius 2 is 2.23 bits per heavy atom. The van der Waals surface area contributed by atoms with Crippen molar-refractivity contribution >= 4 is 22.4 Å². The normalized spacial score (nSPS) is 11.3. The van der Waals surface area contributed by atoms with Crippen LogP contribution in [0.4, 0.5) is 23.0 Å². The molecular weight excluding hydrogens is 207 g/mol. The van der Waals surface area contributed by atoms with E-state index in [1.807, 2.05) is 5.32 Å². The van der Waals surface area contributed by atoms with Gasteiger partial charge in [-0.15, -0.1) is 0 Å². The fourth-order valence-corrected chi connectivity index (χ4v) is 1.27. The van der Waals surface area contributed by atoms with E-state index in [4.69, 9.17) is 5.73 Å². The summed E-state index contributed by atoms with van der Waals surface area (Å²) in [5.41, 5.74) is 4.69. The molecule has 0 atom stereocenters. The third-order valence-electron chi connectivity index (χ3n) is 0.995. The Kier molecular flexibility index (Phi) is 2.41. The quantitative estimate of drug-likeness (QED) is 0.741. The van der Waals surface area contributed by atoms with Gasteiger partial charge in [-0.25, -0.2) is 9.78 Å². The van der Waals surface area contributed by atoms with E-state index in [0.29, 0.717) is 11.3 Å². The molecular formula is C5H4F3N3OS. The fourth-order valence-electron chi connectivity index (χ4n) is 0.584. The number of halogens is 3. The van der Waals surface area contributed by atoms with E-state index >= 15 is 0 Å². The summed E-state index contributed by atoms with van der Waals surface area (Å²) in [5, 5.41) is 0.947. The Morgan fingerprint density at radius 1 is 1.62 bits per heavy atom. The summed E-state index contributed by atoms with van der Waals surface area (Å²) in [5.74, 6) is 0. The summed E-state index contributed by atoms with van der Waals surface area (Å²) in [7, 11) is 0. The molecule has 0 saturated heterocycles. The standard InChI is InChI=1S/C5H4F3N3OS/c6-5(7,8)3-10-1-2(13-3)11-4(9)12/h1H,(H3,9,11,12). The number of carbonyl (C=O) groups is 1.